The van der Waals surface area contributed by atoms with Gasteiger partial charge in [-0.25, -0.2) is 8.42 Å². The molecule has 10 nitrogen and oxygen atoms in total. The Bertz CT molecular complexity index is 1450. The molecule has 0 aliphatic carbocycles. The molecule has 3 rings (SSSR count). The summed E-state index contributed by atoms with van der Waals surface area (Å²) in [7, 11) is -4.27. The number of non-ortho nitro benzene ring substituents is 1. The van der Waals surface area contributed by atoms with Crippen LogP contribution >= 0.6 is 11.6 Å². The lowest BCUT2D eigenvalue weighted by atomic mass is 10.1. The van der Waals surface area contributed by atoms with Crippen molar-refractivity contribution in [3.05, 3.63) is 99.6 Å². The van der Waals surface area contributed by atoms with Gasteiger partial charge in [0.25, 0.3) is 15.7 Å². The Labute approximate surface area is 238 Å². The number of carbonyl (C=O) groups is 2. The van der Waals surface area contributed by atoms with Gasteiger partial charge in [-0.05, 0) is 62.2 Å². The standard InChI is InChI=1S/C28H31ClN4O6S/c1-4-20(2)30-28(35)21(3)31(18-22-9-8-10-23(29)17-22)27(34)19-32(24-13-15-25(16-14-24)33(36)37)40(38,39)26-11-6-5-7-12-26/h5-17,20-21H,4,18-19H2,1-3H3,(H,30,35)/t20-,21+/m1/s1. The van der Waals surface area contributed by atoms with Gasteiger partial charge < -0.3 is 10.2 Å². The van der Waals surface area contributed by atoms with Crippen molar-refractivity contribution in [2.24, 2.45) is 0 Å². The molecule has 0 radical (unpaired) electrons. The second kappa shape index (κ2) is 13.4. The molecule has 2 atom stereocenters. The second-order valence-electron chi connectivity index (χ2n) is 9.24. The van der Waals surface area contributed by atoms with Crippen molar-refractivity contribution in [1.82, 2.24) is 10.2 Å². The lowest BCUT2D eigenvalue weighted by Gasteiger charge is -2.32. The van der Waals surface area contributed by atoms with Gasteiger partial charge in [0.15, 0.2) is 0 Å². The number of nitrogens with one attached hydrogen (secondary N) is 1. The fourth-order valence-corrected chi connectivity index (χ4v) is 5.52. The van der Waals surface area contributed by atoms with Gasteiger partial charge in [0, 0.05) is 29.7 Å². The molecule has 212 valence electrons. The van der Waals surface area contributed by atoms with E-state index in [0.717, 1.165) is 4.31 Å². The summed E-state index contributed by atoms with van der Waals surface area (Å²) >= 11 is 6.15. The first-order valence-corrected chi connectivity index (χ1v) is 14.4. The van der Waals surface area contributed by atoms with Crippen molar-refractivity contribution in [3.63, 3.8) is 0 Å². The minimum Gasteiger partial charge on any atom is -0.352 e. The average molecular weight is 587 g/mol. The summed E-state index contributed by atoms with van der Waals surface area (Å²) in [6.07, 6.45) is 0.684. The summed E-state index contributed by atoms with van der Waals surface area (Å²) in [5.74, 6) is -1.04. The number of rotatable bonds is 12. The monoisotopic (exact) mass is 586 g/mol. The maximum absolute atomic E-state index is 13.9. The fourth-order valence-electron chi connectivity index (χ4n) is 3.87. The SMILES string of the molecule is CC[C@@H](C)NC(=O)[C@H](C)N(Cc1cccc(Cl)c1)C(=O)CN(c1ccc([N+](=O)[O-])cc1)S(=O)(=O)c1ccccc1. The molecule has 0 aromatic heterocycles. The van der Waals surface area contributed by atoms with Crippen LogP contribution in [0.4, 0.5) is 11.4 Å². The van der Waals surface area contributed by atoms with E-state index in [9.17, 15) is 28.1 Å². The molecule has 0 fully saturated rings. The van der Waals surface area contributed by atoms with Crippen LogP contribution in [-0.2, 0) is 26.2 Å². The van der Waals surface area contributed by atoms with E-state index in [2.05, 4.69) is 5.32 Å². The molecule has 3 aromatic carbocycles. The first kappa shape index (κ1) is 30.6. The van der Waals surface area contributed by atoms with Crippen LogP contribution in [-0.4, -0.2) is 48.7 Å². The predicted octanol–water partition coefficient (Wildman–Crippen LogP) is 4.78. The normalized spacial score (nSPS) is 12.7. The first-order valence-electron chi connectivity index (χ1n) is 12.6. The maximum Gasteiger partial charge on any atom is 0.269 e. The number of hydrogen-bond acceptors (Lipinski definition) is 6. The van der Waals surface area contributed by atoms with E-state index < -0.39 is 39.3 Å². The van der Waals surface area contributed by atoms with Gasteiger partial charge >= 0.3 is 0 Å². The topological polar surface area (TPSA) is 130 Å². The molecule has 0 aliphatic heterocycles. The van der Waals surface area contributed by atoms with Crippen molar-refractivity contribution in [1.29, 1.82) is 0 Å². The number of nitro groups is 1. The number of halogens is 1. The van der Waals surface area contributed by atoms with E-state index in [1.54, 1.807) is 49.4 Å². The molecule has 0 saturated carbocycles. The Balaban J connectivity index is 2.03. The zero-order valence-electron chi connectivity index (χ0n) is 22.4. The summed E-state index contributed by atoms with van der Waals surface area (Å²) < 4.78 is 28.3. The highest BCUT2D eigenvalue weighted by atomic mass is 35.5. The quantitative estimate of drug-likeness (QED) is 0.240. The number of hydrogen-bond donors (Lipinski definition) is 1. The lowest BCUT2D eigenvalue weighted by Crippen LogP contribution is -2.52. The molecule has 0 bridgehead atoms. The van der Waals surface area contributed by atoms with Crippen molar-refractivity contribution in [2.45, 2.75) is 50.7 Å². The number of anilines is 1. The Hall–Kier alpha value is -3.96. The molecule has 12 heteroatoms. The largest absolute Gasteiger partial charge is 0.352 e. The van der Waals surface area contributed by atoms with Gasteiger partial charge in [-0.1, -0.05) is 48.9 Å². The smallest absolute Gasteiger partial charge is 0.269 e. The van der Waals surface area contributed by atoms with Crippen LogP contribution in [0.2, 0.25) is 5.02 Å². The van der Waals surface area contributed by atoms with E-state index in [1.165, 1.54) is 41.3 Å². The van der Waals surface area contributed by atoms with Crippen LogP contribution < -0.4 is 9.62 Å². The molecule has 1 N–H and O–H groups in total. The van der Waals surface area contributed by atoms with E-state index >= 15 is 0 Å². The highest BCUT2D eigenvalue weighted by molar-refractivity contribution is 7.92. The molecule has 40 heavy (non-hydrogen) atoms. The molecular formula is C28H31ClN4O6S. The van der Waals surface area contributed by atoms with Crippen LogP contribution in [0.5, 0.6) is 0 Å². The fraction of sp³-hybridized carbons (Fsp3) is 0.286. The average Bonchev–Trinajstić information content (AvgIpc) is 2.94. The molecule has 2 amide bonds. The van der Waals surface area contributed by atoms with E-state index in [0.29, 0.717) is 17.0 Å². The highest BCUT2D eigenvalue weighted by Crippen LogP contribution is 2.26. The summed E-state index contributed by atoms with van der Waals surface area (Å²) in [4.78, 5) is 38.7. The number of benzene rings is 3. The maximum atomic E-state index is 13.9. The molecule has 0 spiro atoms. The van der Waals surface area contributed by atoms with Crippen LogP contribution in [0.1, 0.15) is 32.8 Å². The number of sulfonamides is 1. The summed E-state index contributed by atoms with van der Waals surface area (Å²) in [5.41, 5.74) is 0.476. The van der Waals surface area contributed by atoms with E-state index in [1.807, 2.05) is 13.8 Å². The number of amides is 2. The highest BCUT2D eigenvalue weighted by Gasteiger charge is 2.33. The van der Waals surface area contributed by atoms with Gasteiger partial charge in [0.2, 0.25) is 11.8 Å². The minimum absolute atomic E-state index is 0.00598. The van der Waals surface area contributed by atoms with Crippen LogP contribution in [0.3, 0.4) is 0 Å². The van der Waals surface area contributed by atoms with Gasteiger partial charge in [0.05, 0.1) is 15.5 Å². The Morgan fingerprint density at radius 3 is 2.23 bits per heavy atom. The summed E-state index contributed by atoms with van der Waals surface area (Å²) in [6, 6.07) is 18.1. The van der Waals surface area contributed by atoms with Crippen molar-refractivity contribution < 1.29 is 22.9 Å². The zero-order valence-corrected chi connectivity index (χ0v) is 23.9. The third-order valence-corrected chi connectivity index (χ3v) is 8.39. The molecule has 0 unspecified atom stereocenters. The molecule has 0 saturated heterocycles. The molecule has 0 heterocycles. The van der Waals surface area contributed by atoms with Crippen molar-refractivity contribution in [3.8, 4) is 0 Å². The zero-order chi connectivity index (χ0) is 29.4. The van der Waals surface area contributed by atoms with Crippen LogP contribution in [0.15, 0.2) is 83.8 Å². The number of nitrogens with zero attached hydrogens (tertiary/aromatic N) is 3. The van der Waals surface area contributed by atoms with Crippen LogP contribution in [0.25, 0.3) is 0 Å². The molecule has 0 aliphatic rings. The predicted molar refractivity (Wildman–Crippen MR) is 153 cm³/mol. The van der Waals surface area contributed by atoms with Crippen molar-refractivity contribution >= 4 is 44.8 Å². The van der Waals surface area contributed by atoms with Gasteiger partial charge in [-0.3, -0.25) is 24.0 Å². The third-order valence-electron chi connectivity index (χ3n) is 6.37. The summed E-state index contributed by atoms with van der Waals surface area (Å²) in [6.45, 7) is 4.67. The van der Waals surface area contributed by atoms with E-state index in [4.69, 9.17) is 11.6 Å². The minimum atomic E-state index is -4.27. The summed E-state index contributed by atoms with van der Waals surface area (Å²) in [5, 5.41) is 14.5. The molecular weight excluding hydrogens is 556 g/mol. The Morgan fingerprint density at radius 2 is 1.65 bits per heavy atom. The van der Waals surface area contributed by atoms with Gasteiger partial charge in [-0.2, -0.15) is 0 Å². The number of nitro benzene ring substituents is 1. The Kier molecular flexibility index (Phi) is 10.2. The Morgan fingerprint density at radius 1 is 1.00 bits per heavy atom. The van der Waals surface area contributed by atoms with Crippen LogP contribution in [0, 0.1) is 10.1 Å². The first-order chi connectivity index (χ1) is 18.9. The van der Waals surface area contributed by atoms with Gasteiger partial charge in [-0.15, -0.1) is 0 Å². The van der Waals surface area contributed by atoms with E-state index in [-0.39, 0.29) is 28.9 Å². The molecule has 3 aromatic rings. The second-order valence-corrected chi connectivity index (χ2v) is 11.5. The lowest BCUT2D eigenvalue weighted by molar-refractivity contribution is -0.384. The van der Waals surface area contributed by atoms with Gasteiger partial charge in [0.1, 0.15) is 12.6 Å². The van der Waals surface area contributed by atoms with Crippen molar-refractivity contribution in [2.75, 3.05) is 10.8 Å². The third kappa shape index (κ3) is 7.57. The number of carbonyl (C=O) groups excluding carboxylic acids is 2.